The van der Waals surface area contributed by atoms with Crippen molar-refractivity contribution in [1.82, 2.24) is 0 Å². The summed E-state index contributed by atoms with van der Waals surface area (Å²) in [6, 6.07) is 0. The molecule has 0 aromatic heterocycles. The van der Waals surface area contributed by atoms with Crippen molar-refractivity contribution in [3.05, 3.63) is 0 Å². The highest BCUT2D eigenvalue weighted by Gasteiger charge is 2.23. The predicted octanol–water partition coefficient (Wildman–Crippen LogP) is 1.56. The maximum atomic E-state index is 5.48. The lowest BCUT2D eigenvalue weighted by atomic mass is 10.1. The van der Waals surface area contributed by atoms with Gasteiger partial charge in [0.1, 0.15) is 0 Å². The fourth-order valence-electron chi connectivity index (χ4n) is 1.50. The molecule has 0 radical (unpaired) electrons. The van der Waals surface area contributed by atoms with Crippen molar-refractivity contribution in [2.75, 3.05) is 6.79 Å². The first-order valence-corrected chi connectivity index (χ1v) is 4.50. The monoisotopic (exact) mass is 174 g/mol. The molecule has 0 aliphatic carbocycles. The van der Waals surface area contributed by atoms with Gasteiger partial charge in [0.15, 0.2) is 19.4 Å². The van der Waals surface area contributed by atoms with E-state index in [2.05, 4.69) is 0 Å². The van der Waals surface area contributed by atoms with Crippen LogP contribution in [0.5, 0.6) is 0 Å². The van der Waals surface area contributed by atoms with Crippen molar-refractivity contribution >= 4 is 0 Å². The predicted molar refractivity (Wildman–Crippen MR) is 39.9 cm³/mol. The van der Waals surface area contributed by atoms with Crippen molar-refractivity contribution < 1.29 is 19.2 Å². The van der Waals surface area contributed by atoms with Crippen LogP contribution in [0.1, 0.15) is 32.1 Å². The number of hydrogen-bond donors (Lipinski definition) is 0. The van der Waals surface area contributed by atoms with Gasteiger partial charge in [-0.3, -0.25) is 0 Å². The smallest absolute Gasteiger partial charge is 0.194 e. The molecule has 0 N–H and O–H groups in total. The minimum absolute atomic E-state index is 0.127. The maximum absolute atomic E-state index is 5.48. The molecule has 2 unspecified atom stereocenters. The summed E-state index contributed by atoms with van der Waals surface area (Å²) >= 11 is 0. The third-order valence-electron chi connectivity index (χ3n) is 2.16. The number of fused-ring (bicyclic) bond motifs is 2. The Morgan fingerprint density at radius 3 is 2.67 bits per heavy atom. The Morgan fingerprint density at radius 1 is 0.917 bits per heavy atom. The second kappa shape index (κ2) is 4.18. The first-order chi connectivity index (χ1) is 5.95. The molecular weight excluding hydrogens is 160 g/mol. The van der Waals surface area contributed by atoms with Crippen LogP contribution in [-0.4, -0.2) is 19.4 Å². The van der Waals surface area contributed by atoms with E-state index in [0.29, 0.717) is 0 Å². The molecule has 2 fully saturated rings. The molecular formula is C8H14O4. The van der Waals surface area contributed by atoms with E-state index in [4.69, 9.17) is 19.2 Å². The third-order valence-corrected chi connectivity index (χ3v) is 2.16. The minimum Gasteiger partial charge on any atom is -0.323 e. The van der Waals surface area contributed by atoms with Crippen molar-refractivity contribution in [1.29, 1.82) is 0 Å². The zero-order valence-electron chi connectivity index (χ0n) is 7.03. The molecule has 2 aliphatic heterocycles. The van der Waals surface area contributed by atoms with E-state index in [1.165, 1.54) is 6.42 Å². The molecule has 0 aromatic rings. The lowest BCUT2D eigenvalue weighted by Gasteiger charge is -2.21. The highest BCUT2D eigenvalue weighted by atomic mass is 17.3. The number of ether oxygens (including phenoxy) is 2. The van der Waals surface area contributed by atoms with Gasteiger partial charge in [0, 0.05) is 6.42 Å². The summed E-state index contributed by atoms with van der Waals surface area (Å²) in [5.74, 6) is 0. The summed E-state index contributed by atoms with van der Waals surface area (Å²) in [4.78, 5) is 9.73. The van der Waals surface area contributed by atoms with E-state index in [0.717, 1.165) is 25.7 Å². The second-order valence-corrected chi connectivity index (χ2v) is 3.13. The van der Waals surface area contributed by atoms with Gasteiger partial charge in [-0.1, -0.05) is 6.42 Å². The van der Waals surface area contributed by atoms with Crippen molar-refractivity contribution in [2.24, 2.45) is 0 Å². The Balaban J connectivity index is 1.92. The van der Waals surface area contributed by atoms with Gasteiger partial charge >= 0.3 is 0 Å². The number of hydrogen-bond acceptors (Lipinski definition) is 4. The first kappa shape index (κ1) is 8.44. The molecule has 70 valence electrons. The molecule has 0 spiro atoms. The normalized spacial score (nSPS) is 38.0. The molecule has 0 saturated carbocycles. The zero-order valence-corrected chi connectivity index (χ0v) is 7.03. The molecule has 0 amide bonds. The van der Waals surface area contributed by atoms with Gasteiger partial charge in [0.25, 0.3) is 0 Å². The fraction of sp³-hybridized carbons (Fsp3) is 1.00. The van der Waals surface area contributed by atoms with Crippen LogP contribution in [0.4, 0.5) is 0 Å². The van der Waals surface area contributed by atoms with E-state index in [-0.39, 0.29) is 19.4 Å². The van der Waals surface area contributed by atoms with Crippen LogP contribution in [0.25, 0.3) is 0 Å². The Hall–Kier alpha value is -0.160. The maximum Gasteiger partial charge on any atom is 0.194 e. The lowest BCUT2D eigenvalue weighted by Crippen LogP contribution is -2.24. The Kier molecular flexibility index (Phi) is 2.94. The molecule has 2 aliphatic rings. The third kappa shape index (κ3) is 2.17. The van der Waals surface area contributed by atoms with Crippen LogP contribution in [0.2, 0.25) is 0 Å². The van der Waals surface area contributed by atoms with Gasteiger partial charge in [-0.25, -0.2) is 9.78 Å². The highest BCUT2D eigenvalue weighted by Crippen LogP contribution is 2.21. The van der Waals surface area contributed by atoms with Crippen molar-refractivity contribution in [2.45, 2.75) is 44.7 Å². The standard InChI is InChI=1S/C8H14O4/c1-2-4-7-9-6-10-12-8(11-7)5-3-1/h7-8H,1-6H2. The number of rotatable bonds is 0. The van der Waals surface area contributed by atoms with Gasteiger partial charge in [-0.2, -0.15) is 0 Å². The molecule has 2 saturated heterocycles. The van der Waals surface area contributed by atoms with Crippen LogP contribution in [-0.2, 0) is 19.2 Å². The second-order valence-electron chi connectivity index (χ2n) is 3.13. The average Bonchev–Trinajstić information content (AvgIpc) is 2.25. The van der Waals surface area contributed by atoms with E-state index in [1.54, 1.807) is 0 Å². The van der Waals surface area contributed by atoms with Gasteiger partial charge < -0.3 is 9.47 Å². The summed E-state index contributed by atoms with van der Waals surface area (Å²) in [5.41, 5.74) is 0. The van der Waals surface area contributed by atoms with Crippen LogP contribution < -0.4 is 0 Å². The summed E-state index contributed by atoms with van der Waals surface area (Å²) in [7, 11) is 0. The zero-order chi connectivity index (χ0) is 8.23. The van der Waals surface area contributed by atoms with Crippen LogP contribution in [0.3, 0.4) is 0 Å². The van der Waals surface area contributed by atoms with E-state index in [1.807, 2.05) is 0 Å². The first-order valence-electron chi connectivity index (χ1n) is 4.50. The van der Waals surface area contributed by atoms with E-state index >= 15 is 0 Å². The Labute approximate surface area is 71.7 Å². The SMILES string of the molecule is C1CCC2OCOOC(CC1)O2. The Morgan fingerprint density at radius 2 is 1.75 bits per heavy atom. The van der Waals surface area contributed by atoms with Gasteiger partial charge in [0.2, 0.25) is 0 Å². The van der Waals surface area contributed by atoms with E-state index in [9.17, 15) is 0 Å². The van der Waals surface area contributed by atoms with Crippen molar-refractivity contribution in [3.63, 3.8) is 0 Å². The van der Waals surface area contributed by atoms with Gasteiger partial charge in [-0.05, 0) is 19.3 Å². The molecule has 12 heavy (non-hydrogen) atoms. The molecule has 4 heteroatoms. The van der Waals surface area contributed by atoms with Crippen LogP contribution in [0, 0.1) is 0 Å². The molecule has 4 nitrogen and oxygen atoms in total. The molecule has 2 rings (SSSR count). The van der Waals surface area contributed by atoms with Crippen LogP contribution >= 0.6 is 0 Å². The quantitative estimate of drug-likeness (QED) is 0.522. The summed E-state index contributed by atoms with van der Waals surface area (Å²) in [6.07, 6.45) is 5.03. The van der Waals surface area contributed by atoms with E-state index < -0.39 is 0 Å². The Bertz CT molecular complexity index is 125. The van der Waals surface area contributed by atoms with Crippen molar-refractivity contribution in [3.8, 4) is 0 Å². The fourth-order valence-corrected chi connectivity index (χ4v) is 1.50. The van der Waals surface area contributed by atoms with Gasteiger partial charge in [0.05, 0.1) is 0 Å². The largest absolute Gasteiger partial charge is 0.323 e. The summed E-state index contributed by atoms with van der Waals surface area (Å²) in [6.45, 7) is 0.182. The molecule has 2 heterocycles. The molecule has 2 bridgehead atoms. The molecule has 2 atom stereocenters. The minimum atomic E-state index is -0.224. The van der Waals surface area contributed by atoms with Gasteiger partial charge in [-0.15, -0.1) is 0 Å². The van der Waals surface area contributed by atoms with Crippen LogP contribution in [0.15, 0.2) is 0 Å². The highest BCUT2D eigenvalue weighted by molar-refractivity contribution is 4.56. The summed E-state index contributed by atoms with van der Waals surface area (Å²) in [5, 5.41) is 0. The topological polar surface area (TPSA) is 36.9 Å². The lowest BCUT2D eigenvalue weighted by molar-refractivity contribution is -0.372. The summed E-state index contributed by atoms with van der Waals surface area (Å²) < 4.78 is 10.7. The average molecular weight is 174 g/mol. The molecule has 0 aromatic carbocycles.